The van der Waals surface area contributed by atoms with Crippen molar-refractivity contribution in [1.29, 1.82) is 0 Å². The number of hydrogen-bond acceptors (Lipinski definition) is 3. The van der Waals surface area contributed by atoms with E-state index in [0.29, 0.717) is 28.5 Å². The average Bonchev–Trinajstić information content (AvgIpc) is 3.45. The number of amides is 1. The Morgan fingerprint density at radius 3 is 2.03 bits per heavy atom. The molecule has 0 spiro atoms. The maximum absolute atomic E-state index is 13.7. The molecule has 3 aliphatic carbocycles. The van der Waals surface area contributed by atoms with Crippen LogP contribution in [0.25, 0.3) is 0 Å². The molecular formula is C27H38ClNO2S. The minimum absolute atomic E-state index is 0.0795. The molecule has 3 nitrogen and oxygen atoms in total. The SMILES string of the molecule is CC(C)(C)C(=O)Sc1cc(C2CC2)c(Cl)cc1NC(=O)C(C1CCCCC1)C1CCCC1. The summed E-state index contributed by atoms with van der Waals surface area (Å²) >= 11 is 7.91. The molecule has 5 heteroatoms. The number of rotatable bonds is 6. The summed E-state index contributed by atoms with van der Waals surface area (Å²) in [5.41, 5.74) is 1.39. The van der Waals surface area contributed by atoms with Gasteiger partial charge in [-0.15, -0.1) is 0 Å². The molecule has 1 unspecified atom stereocenters. The van der Waals surface area contributed by atoms with Crippen molar-refractivity contribution in [1.82, 2.24) is 0 Å². The second kappa shape index (κ2) is 10.1. The molecule has 1 aromatic carbocycles. The lowest BCUT2D eigenvalue weighted by Crippen LogP contribution is -2.35. The lowest BCUT2D eigenvalue weighted by atomic mass is 9.73. The van der Waals surface area contributed by atoms with Crippen molar-refractivity contribution in [2.45, 2.75) is 102 Å². The van der Waals surface area contributed by atoms with Gasteiger partial charge >= 0.3 is 0 Å². The van der Waals surface area contributed by atoms with E-state index in [9.17, 15) is 9.59 Å². The molecule has 3 fully saturated rings. The molecule has 3 aliphatic rings. The monoisotopic (exact) mass is 475 g/mol. The number of hydrogen-bond donors (Lipinski definition) is 1. The highest BCUT2D eigenvalue weighted by Gasteiger charge is 2.38. The molecule has 32 heavy (non-hydrogen) atoms. The summed E-state index contributed by atoms with van der Waals surface area (Å²) in [4.78, 5) is 27.4. The maximum atomic E-state index is 13.7. The van der Waals surface area contributed by atoms with E-state index in [2.05, 4.69) is 11.4 Å². The second-order valence-electron chi connectivity index (χ2n) is 11.2. The minimum Gasteiger partial charge on any atom is -0.325 e. The molecule has 1 atom stereocenters. The maximum Gasteiger partial charge on any atom is 0.228 e. The van der Waals surface area contributed by atoms with E-state index in [4.69, 9.17) is 11.6 Å². The van der Waals surface area contributed by atoms with Gasteiger partial charge in [-0.25, -0.2) is 0 Å². The third-order valence-electron chi connectivity index (χ3n) is 7.56. The van der Waals surface area contributed by atoms with Crippen LogP contribution in [0.4, 0.5) is 5.69 Å². The Kier molecular flexibility index (Phi) is 7.61. The highest BCUT2D eigenvalue weighted by Crippen LogP contribution is 2.47. The number of carbonyl (C=O) groups excluding carboxylic acids is 2. The van der Waals surface area contributed by atoms with Crippen LogP contribution in [0.1, 0.15) is 103 Å². The fourth-order valence-electron chi connectivity index (χ4n) is 5.55. The fourth-order valence-corrected chi connectivity index (χ4v) is 6.78. The van der Waals surface area contributed by atoms with Crippen LogP contribution in [-0.2, 0) is 9.59 Å². The zero-order valence-electron chi connectivity index (χ0n) is 19.8. The summed E-state index contributed by atoms with van der Waals surface area (Å²) in [6.45, 7) is 5.83. The molecule has 0 aliphatic heterocycles. The number of carbonyl (C=O) groups is 2. The van der Waals surface area contributed by atoms with Crippen molar-refractivity contribution in [2.75, 3.05) is 5.32 Å². The van der Waals surface area contributed by atoms with Gasteiger partial charge in [-0.05, 0) is 85.7 Å². The number of thioether (sulfide) groups is 1. The summed E-state index contributed by atoms with van der Waals surface area (Å²) in [5, 5.41) is 4.09. The van der Waals surface area contributed by atoms with Gasteiger partial charge in [-0.2, -0.15) is 0 Å². The van der Waals surface area contributed by atoms with Crippen LogP contribution in [-0.4, -0.2) is 11.0 Å². The topological polar surface area (TPSA) is 46.2 Å². The zero-order chi connectivity index (χ0) is 22.9. The predicted molar refractivity (Wildman–Crippen MR) is 134 cm³/mol. The Bertz CT molecular complexity index is 846. The van der Waals surface area contributed by atoms with Crippen LogP contribution in [0.5, 0.6) is 0 Å². The van der Waals surface area contributed by atoms with Crippen molar-refractivity contribution in [3.63, 3.8) is 0 Å². The molecule has 1 amide bonds. The van der Waals surface area contributed by atoms with Gasteiger partial charge in [-0.3, -0.25) is 9.59 Å². The van der Waals surface area contributed by atoms with Crippen LogP contribution in [0.3, 0.4) is 0 Å². The van der Waals surface area contributed by atoms with E-state index in [1.54, 1.807) is 0 Å². The van der Waals surface area contributed by atoms with Gasteiger partial charge in [0, 0.05) is 21.3 Å². The smallest absolute Gasteiger partial charge is 0.228 e. The van der Waals surface area contributed by atoms with Crippen molar-refractivity contribution >= 4 is 40.1 Å². The molecule has 0 saturated heterocycles. The van der Waals surface area contributed by atoms with Crippen LogP contribution < -0.4 is 5.32 Å². The lowest BCUT2D eigenvalue weighted by Gasteiger charge is -2.33. The Hall–Kier alpha value is -1.00. The first-order valence-corrected chi connectivity index (χ1v) is 13.8. The minimum atomic E-state index is -0.445. The number of benzene rings is 1. The average molecular weight is 476 g/mol. The summed E-state index contributed by atoms with van der Waals surface area (Å²) in [7, 11) is 0. The van der Waals surface area contributed by atoms with Crippen LogP contribution in [0.15, 0.2) is 17.0 Å². The second-order valence-corrected chi connectivity index (χ2v) is 12.7. The van der Waals surface area contributed by atoms with Crippen LogP contribution >= 0.6 is 23.4 Å². The van der Waals surface area contributed by atoms with Gasteiger partial charge in [0.2, 0.25) is 5.91 Å². The Labute approximate surface area is 202 Å². The van der Waals surface area contributed by atoms with E-state index < -0.39 is 5.41 Å². The lowest BCUT2D eigenvalue weighted by molar-refractivity contribution is -0.124. The highest BCUT2D eigenvalue weighted by molar-refractivity contribution is 8.13. The number of halogens is 1. The van der Waals surface area contributed by atoms with Crippen LogP contribution in [0, 0.1) is 23.2 Å². The molecule has 0 heterocycles. The molecule has 1 N–H and O–H groups in total. The highest BCUT2D eigenvalue weighted by atomic mass is 35.5. The fraction of sp³-hybridized carbons (Fsp3) is 0.704. The van der Waals surface area contributed by atoms with Gasteiger partial charge in [0.25, 0.3) is 0 Å². The van der Waals surface area contributed by atoms with Gasteiger partial charge in [0.1, 0.15) is 0 Å². The first kappa shape index (κ1) is 24.1. The van der Waals surface area contributed by atoms with Crippen molar-refractivity contribution in [3.8, 4) is 0 Å². The van der Waals surface area contributed by atoms with Crippen molar-refractivity contribution in [3.05, 3.63) is 22.7 Å². The zero-order valence-corrected chi connectivity index (χ0v) is 21.4. The molecule has 3 saturated carbocycles. The molecule has 4 rings (SSSR count). The molecule has 0 aromatic heterocycles. The van der Waals surface area contributed by atoms with Crippen molar-refractivity contribution in [2.24, 2.45) is 23.2 Å². The van der Waals surface area contributed by atoms with E-state index in [-0.39, 0.29) is 16.9 Å². The summed E-state index contributed by atoms with van der Waals surface area (Å²) in [5.74, 6) is 1.69. The first-order valence-electron chi connectivity index (χ1n) is 12.6. The van der Waals surface area contributed by atoms with Crippen LogP contribution in [0.2, 0.25) is 5.02 Å². The quantitative estimate of drug-likeness (QED) is 0.421. The predicted octanol–water partition coefficient (Wildman–Crippen LogP) is 8.21. The summed E-state index contributed by atoms with van der Waals surface area (Å²) in [6.07, 6.45) is 13.2. The Morgan fingerprint density at radius 1 is 0.938 bits per heavy atom. The van der Waals surface area contributed by atoms with E-state index >= 15 is 0 Å². The molecule has 1 aromatic rings. The molecular weight excluding hydrogens is 438 g/mol. The van der Waals surface area contributed by atoms with Gasteiger partial charge in [0.05, 0.1) is 5.69 Å². The van der Waals surface area contributed by atoms with Gasteiger partial charge in [-0.1, -0.05) is 64.5 Å². The van der Waals surface area contributed by atoms with Gasteiger partial charge in [0.15, 0.2) is 5.12 Å². The molecule has 176 valence electrons. The Morgan fingerprint density at radius 2 is 1.50 bits per heavy atom. The largest absolute Gasteiger partial charge is 0.325 e. The summed E-state index contributed by atoms with van der Waals surface area (Å²) < 4.78 is 0. The number of anilines is 1. The summed E-state index contributed by atoms with van der Waals surface area (Å²) in [6, 6.07) is 3.97. The number of nitrogens with one attached hydrogen (secondary N) is 1. The van der Waals surface area contributed by atoms with E-state index in [0.717, 1.165) is 23.3 Å². The Balaban J connectivity index is 1.61. The first-order chi connectivity index (χ1) is 15.2. The van der Waals surface area contributed by atoms with E-state index in [1.165, 1.54) is 69.5 Å². The third kappa shape index (κ3) is 5.73. The van der Waals surface area contributed by atoms with E-state index in [1.807, 2.05) is 26.8 Å². The molecule has 0 bridgehead atoms. The third-order valence-corrected chi connectivity index (χ3v) is 9.24. The van der Waals surface area contributed by atoms with Gasteiger partial charge < -0.3 is 5.32 Å². The standard InChI is InChI=1S/C27H38ClNO2S/c1-27(2,3)26(31)32-23-15-20(17-13-14-17)21(28)16-22(23)29-25(30)24(19-11-7-8-12-19)18-9-5-4-6-10-18/h15-19,24H,4-14H2,1-3H3,(H,29,30). The molecule has 0 radical (unpaired) electrons. The van der Waals surface area contributed by atoms with Crippen molar-refractivity contribution < 1.29 is 9.59 Å². The normalized spacial score (nSPS) is 21.5.